The van der Waals surface area contributed by atoms with E-state index < -0.39 is 11.9 Å². The number of aliphatic carboxylic acids is 1. The minimum absolute atomic E-state index is 0.184. The van der Waals surface area contributed by atoms with E-state index in [9.17, 15) is 9.59 Å². The van der Waals surface area contributed by atoms with Gasteiger partial charge in [-0.15, -0.1) is 0 Å². The second-order valence-electron chi connectivity index (χ2n) is 4.16. The molecule has 0 radical (unpaired) electrons. The lowest BCUT2D eigenvalue weighted by Gasteiger charge is -2.11. The number of benzene rings is 1. The summed E-state index contributed by atoms with van der Waals surface area (Å²) < 4.78 is 0. The number of rotatable bonds is 8. The molecule has 0 atom stereocenters. The molecule has 1 rings (SSSR count). The number of carbonyl (C=O) groups is 2. The number of carboxylic acid groups (broad SMARTS) is 1. The molecule has 0 aliphatic heterocycles. The maximum atomic E-state index is 11.3. The van der Waals surface area contributed by atoms with Gasteiger partial charge in [-0.05, 0) is 25.0 Å². The Kier molecular flexibility index (Phi) is 6.15. The van der Waals surface area contributed by atoms with Crippen LogP contribution in [0.2, 0.25) is 5.02 Å². The van der Waals surface area contributed by atoms with Crippen molar-refractivity contribution >= 4 is 29.2 Å². The van der Waals surface area contributed by atoms with E-state index in [0.717, 1.165) is 12.8 Å². The molecule has 0 saturated carbocycles. The fourth-order valence-electron chi connectivity index (χ4n) is 1.72. The van der Waals surface area contributed by atoms with E-state index in [1.54, 1.807) is 18.2 Å². The zero-order chi connectivity index (χ0) is 14.3. The summed E-state index contributed by atoms with van der Waals surface area (Å²) in [6, 6.07) is 5.09. The van der Waals surface area contributed by atoms with Crippen LogP contribution in [0.25, 0.3) is 0 Å². The van der Waals surface area contributed by atoms with Gasteiger partial charge in [0.05, 0.1) is 10.6 Å². The van der Waals surface area contributed by atoms with Crippen molar-refractivity contribution in [2.45, 2.75) is 25.7 Å². The van der Waals surface area contributed by atoms with Gasteiger partial charge < -0.3 is 16.2 Å². The van der Waals surface area contributed by atoms with Crippen LogP contribution in [0.15, 0.2) is 18.2 Å². The molecule has 6 heteroatoms. The monoisotopic (exact) mass is 284 g/mol. The highest BCUT2D eigenvalue weighted by atomic mass is 35.5. The lowest BCUT2D eigenvalue weighted by molar-refractivity contribution is -0.137. The Morgan fingerprint density at radius 1 is 1.26 bits per heavy atom. The number of amides is 1. The first kappa shape index (κ1) is 15.3. The normalized spacial score (nSPS) is 10.2. The SMILES string of the molecule is NC(=O)c1c(Cl)cccc1NCCCCCC(=O)O. The molecule has 0 aromatic heterocycles. The predicted molar refractivity (Wildman–Crippen MR) is 74.6 cm³/mol. The molecule has 19 heavy (non-hydrogen) atoms. The van der Waals surface area contributed by atoms with Crippen LogP contribution in [0, 0.1) is 0 Å². The summed E-state index contributed by atoms with van der Waals surface area (Å²) in [6.07, 6.45) is 2.46. The molecule has 0 spiro atoms. The zero-order valence-electron chi connectivity index (χ0n) is 10.5. The summed E-state index contributed by atoms with van der Waals surface area (Å²) in [6.45, 7) is 0.639. The van der Waals surface area contributed by atoms with Crippen molar-refractivity contribution in [3.05, 3.63) is 28.8 Å². The molecule has 0 aliphatic rings. The molecule has 104 valence electrons. The molecule has 0 saturated heterocycles. The number of nitrogens with two attached hydrogens (primary N) is 1. The summed E-state index contributed by atoms with van der Waals surface area (Å²) in [5, 5.41) is 11.9. The maximum absolute atomic E-state index is 11.3. The van der Waals surface area contributed by atoms with Crippen LogP contribution in [0.5, 0.6) is 0 Å². The molecular weight excluding hydrogens is 268 g/mol. The molecule has 0 fully saturated rings. The van der Waals surface area contributed by atoms with Crippen LogP contribution < -0.4 is 11.1 Å². The van der Waals surface area contributed by atoms with Crippen molar-refractivity contribution in [3.8, 4) is 0 Å². The highest BCUT2D eigenvalue weighted by Gasteiger charge is 2.11. The summed E-state index contributed by atoms with van der Waals surface area (Å²) in [7, 11) is 0. The molecule has 0 heterocycles. The third kappa shape index (κ3) is 5.18. The predicted octanol–water partition coefficient (Wildman–Crippen LogP) is 2.50. The highest BCUT2D eigenvalue weighted by molar-refractivity contribution is 6.34. The van der Waals surface area contributed by atoms with Gasteiger partial charge in [-0.3, -0.25) is 9.59 Å². The maximum Gasteiger partial charge on any atom is 0.303 e. The van der Waals surface area contributed by atoms with Crippen molar-refractivity contribution in [1.29, 1.82) is 0 Å². The molecule has 0 aliphatic carbocycles. The van der Waals surface area contributed by atoms with Crippen LogP contribution >= 0.6 is 11.6 Å². The number of anilines is 1. The first-order chi connectivity index (χ1) is 9.02. The Morgan fingerprint density at radius 2 is 2.00 bits per heavy atom. The smallest absolute Gasteiger partial charge is 0.303 e. The fraction of sp³-hybridized carbons (Fsp3) is 0.385. The fourth-order valence-corrected chi connectivity index (χ4v) is 1.99. The van der Waals surface area contributed by atoms with Crippen molar-refractivity contribution in [2.75, 3.05) is 11.9 Å². The van der Waals surface area contributed by atoms with E-state index in [-0.39, 0.29) is 12.0 Å². The minimum atomic E-state index is -0.779. The lowest BCUT2D eigenvalue weighted by Crippen LogP contribution is -2.15. The lowest BCUT2D eigenvalue weighted by atomic mass is 10.1. The molecule has 5 nitrogen and oxygen atoms in total. The van der Waals surface area contributed by atoms with Crippen molar-refractivity contribution in [2.24, 2.45) is 5.73 Å². The van der Waals surface area contributed by atoms with Crippen LogP contribution in [0.4, 0.5) is 5.69 Å². The molecule has 1 aromatic carbocycles. The van der Waals surface area contributed by atoms with Crippen LogP contribution in [-0.2, 0) is 4.79 Å². The van der Waals surface area contributed by atoms with E-state index in [1.807, 2.05) is 0 Å². The Balaban J connectivity index is 2.43. The van der Waals surface area contributed by atoms with Crippen molar-refractivity contribution in [3.63, 3.8) is 0 Å². The second kappa shape index (κ2) is 7.63. The Morgan fingerprint density at radius 3 is 2.63 bits per heavy atom. The Bertz CT molecular complexity index is 463. The van der Waals surface area contributed by atoms with Gasteiger partial charge in [-0.1, -0.05) is 24.1 Å². The van der Waals surface area contributed by atoms with E-state index >= 15 is 0 Å². The highest BCUT2D eigenvalue weighted by Crippen LogP contribution is 2.23. The van der Waals surface area contributed by atoms with Crippen molar-refractivity contribution in [1.82, 2.24) is 0 Å². The van der Waals surface area contributed by atoms with E-state index in [0.29, 0.717) is 23.7 Å². The van der Waals surface area contributed by atoms with E-state index in [1.165, 1.54) is 0 Å². The summed E-state index contributed by atoms with van der Waals surface area (Å²) >= 11 is 5.92. The number of hydrogen-bond acceptors (Lipinski definition) is 3. The number of unbranched alkanes of at least 4 members (excludes halogenated alkanes) is 2. The Labute approximate surface area is 116 Å². The number of hydrogen-bond donors (Lipinski definition) is 3. The standard InChI is InChI=1S/C13H17ClN2O3/c14-9-5-4-6-10(12(9)13(15)19)16-8-3-1-2-7-11(17)18/h4-6,16H,1-3,7-8H2,(H2,15,19)(H,17,18). The third-order valence-corrected chi connectivity index (χ3v) is 2.96. The van der Waals surface area contributed by atoms with Gasteiger partial charge in [0.15, 0.2) is 0 Å². The first-order valence-electron chi connectivity index (χ1n) is 6.06. The van der Waals surface area contributed by atoms with Gasteiger partial charge in [0.2, 0.25) is 0 Å². The Hall–Kier alpha value is -1.75. The van der Waals surface area contributed by atoms with Crippen LogP contribution in [0.1, 0.15) is 36.0 Å². The second-order valence-corrected chi connectivity index (χ2v) is 4.57. The average molecular weight is 285 g/mol. The topological polar surface area (TPSA) is 92.4 Å². The van der Waals surface area contributed by atoms with Gasteiger partial charge >= 0.3 is 5.97 Å². The van der Waals surface area contributed by atoms with Gasteiger partial charge in [0.25, 0.3) is 5.91 Å². The number of carbonyl (C=O) groups excluding carboxylic acids is 1. The number of carboxylic acids is 1. The minimum Gasteiger partial charge on any atom is -0.481 e. The summed E-state index contributed by atoms with van der Waals surface area (Å²) in [5.41, 5.74) is 6.17. The van der Waals surface area contributed by atoms with Gasteiger partial charge in [0, 0.05) is 18.7 Å². The zero-order valence-corrected chi connectivity index (χ0v) is 11.2. The van der Waals surface area contributed by atoms with E-state index in [4.69, 9.17) is 22.4 Å². The number of nitrogens with one attached hydrogen (secondary N) is 1. The van der Waals surface area contributed by atoms with Gasteiger partial charge in [-0.25, -0.2) is 0 Å². The van der Waals surface area contributed by atoms with Gasteiger partial charge in [-0.2, -0.15) is 0 Å². The van der Waals surface area contributed by atoms with Crippen LogP contribution in [-0.4, -0.2) is 23.5 Å². The van der Waals surface area contributed by atoms with E-state index in [2.05, 4.69) is 5.32 Å². The third-order valence-electron chi connectivity index (χ3n) is 2.64. The molecule has 1 aromatic rings. The quantitative estimate of drug-likeness (QED) is 0.640. The summed E-state index contributed by atoms with van der Waals surface area (Å²) in [5.74, 6) is -1.35. The summed E-state index contributed by atoms with van der Waals surface area (Å²) in [4.78, 5) is 21.6. The molecule has 0 unspecified atom stereocenters. The van der Waals surface area contributed by atoms with Gasteiger partial charge in [0.1, 0.15) is 0 Å². The number of halogens is 1. The average Bonchev–Trinajstić information content (AvgIpc) is 2.32. The molecular formula is C13H17ClN2O3. The molecule has 1 amide bonds. The van der Waals surface area contributed by atoms with Crippen LogP contribution in [0.3, 0.4) is 0 Å². The largest absolute Gasteiger partial charge is 0.481 e. The number of primary amides is 1. The van der Waals surface area contributed by atoms with Crippen molar-refractivity contribution < 1.29 is 14.7 Å². The molecule has 0 bridgehead atoms. The molecule has 4 N–H and O–H groups in total. The first-order valence-corrected chi connectivity index (χ1v) is 6.44.